The van der Waals surface area contributed by atoms with Crippen molar-refractivity contribution in [2.45, 2.75) is 6.04 Å². The van der Waals surface area contributed by atoms with Crippen LogP contribution >= 0.6 is 12.2 Å². The van der Waals surface area contributed by atoms with Crippen LogP contribution in [0.1, 0.15) is 22.7 Å². The number of hydrogen-bond acceptors (Lipinski definition) is 4. The van der Waals surface area contributed by atoms with Gasteiger partial charge in [-0.3, -0.25) is 0 Å². The zero-order valence-corrected chi connectivity index (χ0v) is 14.3. The number of rotatable bonds is 3. The van der Waals surface area contributed by atoms with Crippen molar-refractivity contribution in [3.63, 3.8) is 0 Å². The lowest BCUT2D eigenvalue weighted by molar-refractivity contribution is -0.136. The van der Waals surface area contributed by atoms with Crippen LogP contribution < -0.4 is 10.6 Å². The van der Waals surface area contributed by atoms with E-state index in [0.29, 0.717) is 21.9 Å². The fourth-order valence-electron chi connectivity index (χ4n) is 2.73. The van der Waals surface area contributed by atoms with Crippen LogP contribution in [0.5, 0.6) is 0 Å². The molecule has 3 rings (SSSR count). The van der Waals surface area contributed by atoms with E-state index >= 15 is 0 Å². The zero-order valence-electron chi connectivity index (χ0n) is 13.4. The molecule has 0 saturated heterocycles. The van der Waals surface area contributed by atoms with E-state index in [2.05, 4.69) is 16.7 Å². The van der Waals surface area contributed by atoms with Gasteiger partial charge in [-0.05, 0) is 35.5 Å². The van der Waals surface area contributed by atoms with Crippen LogP contribution in [-0.4, -0.2) is 18.2 Å². The monoisotopic (exact) mass is 349 g/mol. The van der Waals surface area contributed by atoms with E-state index in [1.807, 2.05) is 30.3 Å². The van der Waals surface area contributed by atoms with Gasteiger partial charge < -0.3 is 15.4 Å². The lowest BCUT2D eigenvalue weighted by Gasteiger charge is -2.31. The van der Waals surface area contributed by atoms with Crippen molar-refractivity contribution < 1.29 is 9.53 Å². The highest BCUT2D eigenvalue weighted by atomic mass is 32.1. The Morgan fingerprint density at radius 2 is 1.84 bits per heavy atom. The highest BCUT2D eigenvalue weighted by Gasteiger charge is 2.32. The Kier molecular flexibility index (Phi) is 4.78. The van der Waals surface area contributed by atoms with Gasteiger partial charge in [0.2, 0.25) is 0 Å². The number of ether oxygens (including phenoxy) is 1. The number of nitrogens with zero attached hydrogens (tertiary/aromatic N) is 1. The van der Waals surface area contributed by atoms with E-state index < -0.39 is 12.0 Å². The van der Waals surface area contributed by atoms with Gasteiger partial charge in [0, 0.05) is 0 Å². The van der Waals surface area contributed by atoms with Crippen LogP contribution in [0, 0.1) is 11.3 Å². The van der Waals surface area contributed by atoms with Crippen molar-refractivity contribution in [1.82, 2.24) is 10.6 Å². The smallest absolute Gasteiger partial charge is 0.338 e. The molecule has 1 aliphatic heterocycles. The van der Waals surface area contributed by atoms with Crippen molar-refractivity contribution in [3.05, 3.63) is 76.9 Å². The van der Waals surface area contributed by atoms with Crippen LogP contribution in [-0.2, 0) is 9.53 Å². The molecule has 1 aliphatic rings. The summed E-state index contributed by atoms with van der Waals surface area (Å²) >= 11 is 5.32. The van der Waals surface area contributed by atoms with Crippen molar-refractivity contribution in [3.8, 4) is 6.07 Å². The molecule has 0 saturated carbocycles. The number of esters is 1. The van der Waals surface area contributed by atoms with E-state index in [9.17, 15) is 4.79 Å². The summed E-state index contributed by atoms with van der Waals surface area (Å²) < 4.78 is 5.00. The first-order valence-corrected chi connectivity index (χ1v) is 8.00. The molecule has 0 spiro atoms. The Bertz CT molecular complexity index is 883. The summed E-state index contributed by atoms with van der Waals surface area (Å²) in [5.41, 5.74) is 3.26. The number of thiocarbonyl (C=S) groups is 1. The van der Waals surface area contributed by atoms with Gasteiger partial charge in [0.1, 0.15) is 0 Å². The van der Waals surface area contributed by atoms with Gasteiger partial charge in [-0.1, -0.05) is 42.5 Å². The maximum absolute atomic E-state index is 12.5. The summed E-state index contributed by atoms with van der Waals surface area (Å²) in [6.07, 6.45) is 0. The van der Waals surface area contributed by atoms with Crippen LogP contribution in [0.3, 0.4) is 0 Å². The molecular weight excluding hydrogens is 334 g/mol. The minimum absolute atomic E-state index is 0.417. The molecule has 2 aromatic carbocycles. The summed E-state index contributed by atoms with van der Waals surface area (Å²) in [6, 6.07) is 18.1. The maximum atomic E-state index is 12.5. The van der Waals surface area contributed by atoms with Crippen molar-refractivity contribution in [1.29, 1.82) is 5.26 Å². The van der Waals surface area contributed by atoms with E-state index in [4.69, 9.17) is 22.2 Å². The SMILES string of the molecule is COC(=O)C1=C(c2ccccc2)NC(=S)N[C@@H]1c1ccc(C#N)cc1. The highest BCUT2D eigenvalue weighted by molar-refractivity contribution is 7.80. The third-order valence-corrected chi connectivity index (χ3v) is 4.13. The molecule has 25 heavy (non-hydrogen) atoms. The number of hydrogen-bond donors (Lipinski definition) is 2. The van der Waals surface area contributed by atoms with Gasteiger partial charge in [-0.25, -0.2) is 4.79 Å². The molecule has 0 bridgehead atoms. The van der Waals surface area contributed by atoms with Crippen molar-refractivity contribution >= 4 is 29.0 Å². The largest absolute Gasteiger partial charge is 0.466 e. The molecule has 6 heteroatoms. The maximum Gasteiger partial charge on any atom is 0.338 e. The first kappa shape index (κ1) is 16.7. The highest BCUT2D eigenvalue weighted by Crippen LogP contribution is 2.31. The lowest BCUT2D eigenvalue weighted by atomic mass is 9.92. The number of carbonyl (C=O) groups excluding carboxylic acids is 1. The topological polar surface area (TPSA) is 74.2 Å². The molecular formula is C19H15N3O2S. The third kappa shape index (κ3) is 3.37. The minimum Gasteiger partial charge on any atom is -0.466 e. The molecule has 2 N–H and O–H groups in total. The quantitative estimate of drug-likeness (QED) is 0.656. The normalized spacial score (nSPS) is 16.5. The summed E-state index contributed by atoms with van der Waals surface area (Å²) in [4.78, 5) is 12.5. The molecule has 0 unspecified atom stereocenters. The number of carbonyl (C=O) groups is 1. The van der Waals surface area contributed by atoms with Gasteiger partial charge in [-0.2, -0.15) is 5.26 Å². The number of benzene rings is 2. The predicted octanol–water partition coefficient (Wildman–Crippen LogP) is 2.66. The summed E-state index contributed by atoms with van der Waals surface area (Å²) in [6.45, 7) is 0. The summed E-state index contributed by atoms with van der Waals surface area (Å²) in [5, 5.41) is 15.6. The number of nitrogens with one attached hydrogen (secondary N) is 2. The van der Waals surface area contributed by atoms with Crippen LogP contribution in [0.25, 0.3) is 5.70 Å². The van der Waals surface area contributed by atoms with Crippen LogP contribution in [0.2, 0.25) is 0 Å². The van der Waals surface area contributed by atoms with Gasteiger partial charge in [0.05, 0.1) is 36.1 Å². The average Bonchev–Trinajstić information content (AvgIpc) is 2.67. The van der Waals surface area contributed by atoms with Crippen LogP contribution in [0.15, 0.2) is 60.2 Å². The Balaban J connectivity index is 2.16. The Labute approximate surface area is 150 Å². The summed E-state index contributed by atoms with van der Waals surface area (Å²) in [7, 11) is 1.35. The zero-order chi connectivity index (χ0) is 17.8. The third-order valence-electron chi connectivity index (χ3n) is 3.91. The standard InChI is InChI=1S/C19H15N3O2S/c1-24-18(23)15-16(13-5-3-2-4-6-13)21-19(25)22-17(15)14-9-7-12(11-20)8-10-14/h2-10,17H,1H3,(H2,21,22,25)/t17-/m1/s1. The predicted molar refractivity (Wildman–Crippen MR) is 98.1 cm³/mol. The van der Waals surface area contributed by atoms with E-state index in [1.165, 1.54) is 7.11 Å². The summed E-state index contributed by atoms with van der Waals surface area (Å²) in [5.74, 6) is -0.448. The van der Waals surface area contributed by atoms with E-state index in [0.717, 1.165) is 11.1 Å². The fraction of sp³-hybridized carbons (Fsp3) is 0.105. The van der Waals surface area contributed by atoms with E-state index in [1.54, 1.807) is 24.3 Å². The fourth-order valence-corrected chi connectivity index (χ4v) is 2.95. The molecule has 1 heterocycles. The molecule has 0 aromatic heterocycles. The molecule has 1 atom stereocenters. The van der Waals surface area contributed by atoms with Gasteiger partial charge in [0.15, 0.2) is 5.11 Å². The molecule has 0 radical (unpaired) electrons. The first-order chi connectivity index (χ1) is 12.1. The Morgan fingerprint density at radius 1 is 1.16 bits per heavy atom. The Hall–Kier alpha value is -3.17. The van der Waals surface area contributed by atoms with Gasteiger partial charge >= 0.3 is 5.97 Å². The molecule has 124 valence electrons. The lowest BCUT2D eigenvalue weighted by Crippen LogP contribution is -2.45. The second kappa shape index (κ2) is 7.16. The van der Waals surface area contributed by atoms with Gasteiger partial charge in [0.25, 0.3) is 0 Å². The number of nitriles is 1. The minimum atomic E-state index is -0.468. The van der Waals surface area contributed by atoms with Crippen molar-refractivity contribution in [2.24, 2.45) is 0 Å². The van der Waals surface area contributed by atoms with Gasteiger partial charge in [-0.15, -0.1) is 0 Å². The second-order valence-corrected chi connectivity index (χ2v) is 5.82. The number of methoxy groups -OCH3 is 1. The molecule has 0 amide bonds. The average molecular weight is 349 g/mol. The van der Waals surface area contributed by atoms with E-state index in [-0.39, 0.29) is 0 Å². The molecule has 2 aromatic rings. The second-order valence-electron chi connectivity index (χ2n) is 5.41. The van der Waals surface area contributed by atoms with Crippen molar-refractivity contribution in [2.75, 3.05) is 7.11 Å². The molecule has 5 nitrogen and oxygen atoms in total. The molecule has 0 aliphatic carbocycles. The Morgan fingerprint density at radius 3 is 2.44 bits per heavy atom. The molecule has 0 fully saturated rings. The van der Waals surface area contributed by atoms with Crippen LogP contribution in [0.4, 0.5) is 0 Å². The first-order valence-electron chi connectivity index (χ1n) is 7.59.